The van der Waals surface area contributed by atoms with Gasteiger partial charge >= 0.3 is 5.97 Å². The molecule has 0 aromatic heterocycles. The number of hydrogen-bond donors (Lipinski definition) is 2. The largest absolute Gasteiger partial charge is 0.459 e. The van der Waals surface area contributed by atoms with Crippen molar-refractivity contribution >= 4 is 23.5 Å². The van der Waals surface area contributed by atoms with Crippen molar-refractivity contribution in [2.24, 2.45) is 11.5 Å². The Morgan fingerprint density at radius 2 is 2.00 bits per heavy atom. The van der Waals surface area contributed by atoms with Crippen LogP contribution in [0.25, 0.3) is 0 Å². The Morgan fingerprint density at radius 1 is 1.34 bits per heavy atom. The van der Waals surface area contributed by atoms with Gasteiger partial charge in [0.1, 0.15) is 29.5 Å². The van der Waals surface area contributed by atoms with Gasteiger partial charge in [-0.1, -0.05) is 18.2 Å². The molecule has 4 N–H and O–H groups in total. The Balaban J connectivity index is 2.38. The molecule has 0 fully saturated rings. The summed E-state index contributed by atoms with van der Waals surface area (Å²) in [6.45, 7) is 4.35. The van der Waals surface area contributed by atoms with Crippen LogP contribution in [0.1, 0.15) is 26.3 Å². The van der Waals surface area contributed by atoms with Crippen molar-refractivity contribution in [2.45, 2.75) is 32.3 Å². The molecular formula is C20H20N4O5. The second kappa shape index (κ2) is 6.98. The molecule has 1 aromatic carbocycles. The number of anilines is 1. The lowest BCUT2D eigenvalue weighted by molar-refractivity contribution is -0.144. The minimum Gasteiger partial charge on any atom is -0.459 e. The van der Waals surface area contributed by atoms with E-state index in [1.165, 1.54) is 6.92 Å². The lowest BCUT2D eigenvalue weighted by Gasteiger charge is -2.34. The normalized spacial score (nSPS) is 20.7. The van der Waals surface area contributed by atoms with Gasteiger partial charge in [0.15, 0.2) is 5.41 Å². The number of benzene rings is 1. The molecule has 1 aromatic rings. The topological polar surface area (TPSA) is 149 Å². The van der Waals surface area contributed by atoms with Gasteiger partial charge in [0.05, 0.1) is 6.10 Å². The number of rotatable bonds is 4. The molecule has 1 unspecified atom stereocenters. The number of nitrogens with zero attached hydrogens (tertiary/aromatic N) is 2. The summed E-state index contributed by atoms with van der Waals surface area (Å²) in [5.41, 5.74) is 9.66. The first-order chi connectivity index (χ1) is 13.7. The number of nitriles is 1. The average Bonchev–Trinajstić information content (AvgIpc) is 2.84. The van der Waals surface area contributed by atoms with E-state index in [2.05, 4.69) is 0 Å². The highest BCUT2D eigenvalue weighted by atomic mass is 16.5. The highest BCUT2D eigenvalue weighted by Crippen LogP contribution is 2.54. The predicted molar refractivity (Wildman–Crippen MR) is 102 cm³/mol. The molecule has 150 valence electrons. The van der Waals surface area contributed by atoms with Gasteiger partial charge in [0, 0.05) is 11.3 Å². The molecule has 2 amide bonds. The van der Waals surface area contributed by atoms with E-state index in [9.17, 15) is 19.6 Å². The van der Waals surface area contributed by atoms with Crippen LogP contribution >= 0.6 is 0 Å². The van der Waals surface area contributed by atoms with E-state index >= 15 is 0 Å². The summed E-state index contributed by atoms with van der Waals surface area (Å²) in [6.07, 6.45) is -0.484. The molecule has 9 heteroatoms. The maximum Gasteiger partial charge on any atom is 0.339 e. The summed E-state index contributed by atoms with van der Waals surface area (Å²) in [7, 11) is 0. The number of amides is 2. The van der Waals surface area contributed by atoms with E-state index in [4.69, 9.17) is 20.9 Å². The van der Waals surface area contributed by atoms with Crippen LogP contribution in [0.2, 0.25) is 0 Å². The van der Waals surface area contributed by atoms with Gasteiger partial charge < -0.3 is 25.8 Å². The summed E-state index contributed by atoms with van der Waals surface area (Å²) >= 11 is 0. The monoisotopic (exact) mass is 396 g/mol. The Morgan fingerprint density at radius 3 is 2.59 bits per heavy atom. The fourth-order valence-corrected chi connectivity index (χ4v) is 3.80. The number of hydrogen-bond acceptors (Lipinski definition) is 7. The lowest BCUT2D eigenvalue weighted by atomic mass is 9.68. The molecule has 2 aliphatic heterocycles. The quantitative estimate of drug-likeness (QED) is 0.712. The van der Waals surface area contributed by atoms with Crippen molar-refractivity contribution in [3.8, 4) is 6.07 Å². The van der Waals surface area contributed by atoms with Crippen molar-refractivity contribution in [3.63, 3.8) is 0 Å². The van der Waals surface area contributed by atoms with Crippen LogP contribution < -0.4 is 16.4 Å². The van der Waals surface area contributed by atoms with Crippen molar-refractivity contribution in [3.05, 3.63) is 52.6 Å². The summed E-state index contributed by atoms with van der Waals surface area (Å²) < 4.78 is 10.8. The van der Waals surface area contributed by atoms with E-state index in [0.29, 0.717) is 11.3 Å². The van der Waals surface area contributed by atoms with Gasteiger partial charge in [-0.15, -0.1) is 0 Å². The Hall–Kier alpha value is -3.80. The summed E-state index contributed by atoms with van der Waals surface area (Å²) in [5, 5.41) is 9.86. The van der Waals surface area contributed by atoms with Crippen molar-refractivity contribution in [1.82, 2.24) is 0 Å². The van der Waals surface area contributed by atoms with Gasteiger partial charge in [0.2, 0.25) is 17.7 Å². The average molecular weight is 396 g/mol. The first kappa shape index (κ1) is 19.9. The van der Waals surface area contributed by atoms with Gasteiger partial charge in [-0.25, -0.2) is 4.79 Å². The van der Waals surface area contributed by atoms with E-state index in [-0.39, 0.29) is 22.8 Å². The smallest absolute Gasteiger partial charge is 0.339 e. The zero-order valence-corrected chi connectivity index (χ0v) is 16.2. The standard InChI is InChI=1S/C20H20N4O5/c1-10(2)28-18(26)16-11(3)29-17(23)13(8-21)20(16)12-6-4-5-7-14(12)24(19(20)27)9-15(22)25/h4-7,10H,9,23H2,1-3H3,(H2,22,25). The number of carbonyl (C=O) groups excluding carboxylic acids is 3. The molecular weight excluding hydrogens is 376 g/mol. The summed E-state index contributed by atoms with van der Waals surface area (Å²) in [6, 6.07) is 8.44. The van der Waals surface area contributed by atoms with Crippen LogP contribution in [-0.4, -0.2) is 30.4 Å². The summed E-state index contributed by atoms with van der Waals surface area (Å²) in [4.78, 5) is 39.5. The minimum absolute atomic E-state index is 0.0382. The number of primary amides is 1. The number of carbonyl (C=O) groups is 3. The van der Waals surface area contributed by atoms with E-state index < -0.39 is 35.8 Å². The minimum atomic E-state index is -1.89. The fraction of sp³-hybridized carbons (Fsp3) is 0.300. The number of allylic oxidation sites excluding steroid dienone is 1. The number of nitrogens with two attached hydrogens (primary N) is 2. The highest BCUT2D eigenvalue weighted by molar-refractivity contribution is 6.19. The molecule has 0 radical (unpaired) electrons. The van der Waals surface area contributed by atoms with Crippen LogP contribution in [0.15, 0.2) is 47.1 Å². The van der Waals surface area contributed by atoms with Gasteiger partial charge in [-0.05, 0) is 26.8 Å². The van der Waals surface area contributed by atoms with Gasteiger partial charge in [0.25, 0.3) is 0 Å². The Kier molecular flexibility index (Phi) is 4.80. The Bertz CT molecular complexity index is 1030. The molecule has 0 saturated carbocycles. The molecule has 0 aliphatic carbocycles. The van der Waals surface area contributed by atoms with Crippen LogP contribution in [0, 0.1) is 11.3 Å². The third-order valence-electron chi connectivity index (χ3n) is 4.75. The second-order valence-electron chi connectivity index (χ2n) is 6.96. The van der Waals surface area contributed by atoms with Crippen molar-refractivity contribution in [1.29, 1.82) is 5.26 Å². The van der Waals surface area contributed by atoms with Gasteiger partial charge in [-0.2, -0.15) is 5.26 Å². The summed E-state index contributed by atoms with van der Waals surface area (Å²) in [5.74, 6) is -2.52. The molecule has 9 nitrogen and oxygen atoms in total. The van der Waals surface area contributed by atoms with E-state index in [0.717, 1.165) is 4.90 Å². The molecule has 0 saturated heterocycles. The number of esters is 1. The van der Waals surface area contributed by atoms with Gasteiger partial charge in [-0.3, -0.25) is 9.59 Å². The maximum absolute atomic E-state index is 13.7. The lowest BCUT2D eigenvalue weighted by Crippen LogP contribution is -2.50. The molecule has 1 spiro atoms. The number of para-hydroxylation sites is 1. The van der Waals surface area contributed by atoms with Crippen LogP contribution in [-0.2, 0) is 29.3 Å². The first-order valence-corrected chi connectivity index (χ1v) is 8.86. The molecule has 29 heavy (non-hydrogen) atoms. The first-order valence-electron chi connectivity index (χ1n) is 8.86. The fourth-order valence-electron chi connectivity index (χ4n) is 3.80. The highest BCUT2D eigenvalue weighted by Gasteiger charge is 2.62. The predicted octanol–water partition coefficient (Wildman–Crippen LogP) is 0.706. The number of ether oxygens (including phenoxy) is 2. The zero-order valence-electron chi connectivity index (χ0n) is 16.2. The van der Waals surface area contributed by atoms with E-state index in [1.807, 2.05) is 6.07 Å². The molecule has 3 rings (SSSR count). The maximum atomic E-state index is 13.7. The molecule has 2 aliphatic rings. The second-order valence-corrected chi connectivity index (χ2v) is 6.96. The van der Waals surface area contributed by atoms with Crippen LogP contribution in [0.4, 0.5) is 5.69 Å². The van der Waals surface area contributed by atoms with Crippen molar-refractivity contribution in [2.75, 3.05) is 11.4 Å². The third-order valence-corrected chi connectivity index (χ3v) is 4.75. The van der Waals surface area contributed by atoms with Crippen LogP contribution in [0.5, 0.6) is 0 Å². The number of fused-ring (bicyclic) bond motifs is 2. The molecule has 2 heterocycles. The Labute approximate surface area is 167 Å². The third kappa shape index (κ3) is 2.81. The molecule has 0 bridgehead atoms. The SMILES string of the molecule is CC1=C(C(=O)OC(C)C)C2(C(=O)N(CC(N)=O)c3ccccc32)C(C#N)=C(N)O1. The van der Waals surface area contributed by atoms with Crippen LogP contribution in [0.3, 0.4) is 0 Å². The van der Waals surface area contributed by atoms with Crippen molar-refractivity contribution < 1.29 is 23.9 Å². The zero-order chi connectivity index (χ0) is 21.5. The molecule has 1 atom stereocenters. The van der Waals surface area contributed by atoms with E-state index in [1.54, 1.807) is 38.1 Å².